The molecule has 0 fully saturated rings. The van der Waals surface area contributed by atoms with E-state index in [0.29, 0.717) is 0 Å². The molecule has 0 aliphatic heterocycles. The fraction of sp³-hybridized carbons (Fsp3) is 0.667. The first-order chi connectivity index (χ1) is 5.20. The van der Waals surface area contributed by atoms with Crippen LogP contribution in [0, 0.1) is 13.8 Å². The van der Waals surface area contributed by atoms with Crippen molar-refractivity contribution in [1.29, 1.82) is 0 Å². The summed E-state index contributed by atoms with van der Waals surface area (Å²) in [5.41, 5.74) is 1.35. The van der Waals surface area contributed by atoms with Gasteiger partial charge in [-0.25, -0.2) is 9.13 Å². The number of nitrogens with zero attached hydrogens (tertiary/aromatic N) is 2. The van der Waals surface area contributed by atoms with Gasteiger partial charge in [0, 0.05) is 13.8 Å². The lowest BCUT2D eigenvalue weighted by molar-refractivity contribution is -0.699. The number of rotatable bonds is 2. The Labute approximate surface area is 68.5 Å². The van der Waals surface area contributed by atoms with Gasteiger partial charge in [0.1, 0.15) is 11.9 Å². The number of aromatic nitrogens is 2. The summed E-state index contributed by atoms with van der Waals surface area (Å²) in [7, 11) is 0. The third-order valence-electron chi connectivity index (χ3n) is 2.23. The van der Waals surface area contributed by atoms with E-state index < -0.39 is 0 Å². The van der Waals surface area contributed by atoms with E-state index in [1.54, 1.807) is 0 Å². The largest absolute Gasteiger partial charge is 0.253 e. The summed E-state index contributed by atoms with van der Waals surface area (Å²) < 4.78 is 4.60. The van der Waals surface area contributed by atoms with Gasteiger partial charge in [0.2, 0.25) is 0 Å². The van der Waals surface area contributed by atoms with Crippen molar-refractivity contribution in [3.05, 3.63) is 17.7 Å². The number of imidazole rings is 1. The third-order valence-corrected chi connectivity index (χ3v) is 2.23. The van der Waals surface area contributed by atoms with Gasteiger partial charge in [-0.2, -0.15) is 0 Å². The van der Waals surface area contributed by atoms with E-state index in [9.17, 15) is 0 Å². The Morgan fingerprint density at radius 3 is 2.27 bits per heavy atom. The lowest BCUT2D eigenvalue weighted by atomic mass is 10.5. The molecule has 0 spiro atoms. The summed E-state index contributed by atoms with van der Waals surface area (Å²) in [5, 5.41) is 0. The smallest absolute Gasteiger partial charge is 0.234 e. The minimum Gasteiger partial charge on any atom is -0.234 e. The van der Waals surface area contributed by atoms with Crippen molar-refractivity contribution in [1.82, 2.24) is 4.57 Å². The van der Waals surface area contributed by atoms with Crippen LogP contribution in [0.25, 0.3) is 0 Å². The molecule has 2 heteroatoms. The topological polar surface area (TPSA) is 8.81 Å². The zero-order valence-corrected chi connectivity index (χ0v) is 7.89. The van der Waals surface area contributed by atoms with E-state index in [0.717, 1.165) is 13.1 Å². The van der Waals surface area contributed by atoms with E-state index in [4.69, 9.17) is 0 Å². The maximum Gasteiger partial charge on any atom is 0.253 e. The lowest BCUT2D eigenvalue weighted by Gasteiger charge is -1.95. The highest BCUT2D eigenvalue weighted by Crippen LogP contribution is 2.00. The molecule has 1 aromatic rings. The molecule has 0 radical (unpaired) electrons. The normalized spacial score (nSPS) is 10.5. The summed E-state index contributed by atoms with van der Waals surface area (Å²) in [4.78, 5) is 0. The highest BCUT2D eigenvalue weighted by molar-refractivity contribution is 4.94. The Hall–Kier alpha value is -0.790. The molecule has 0 bridgehead atoms. The molecule has 0 saturated carbocycles. The van der Waals surface area contributed by atoms with Gasteiger partial charge in [-0.3, -0.25) is 0 Å². The summed E-state index contributed by atoms with van der Waals surface area (Å²) in [6, 6.07) is 0. The second kappa shape index (κ2) is 3.07. The van der Waals surface area contributed by atoms with Crippen LogP contribution in [0.1, 0.15) is 25.4 Å². The minimum absolute atomic E-state index is 1.07. The van der Waals surface area contributed by atoms with E-state index >= 15 is 0 Å². The molecule has 0 saturated heterocycles. The van der Waals surface area contributed by atoms with Gasteiger partial charge < -0.3 is 0 Å². The Morgan fingerprint density at radius 2 is 2.00 bits per heavy atom. The molecular formula is C9H17N2+. The molecule has 1 rings (SSSR count). The first kappa shape index (κ1) is 8.31. The first-order valence-electron chi connectivity index (χ1n) is 4.26. The summed E-state index contributed by atoms with van der Waals surface area (Å²) >= 11 is 0. The molecule has 0 N–H and O–H groups in total. The van der Waals surface area contributed by atoms with E-state index in [1.165, 1.54) is 11.5 Å². The van der Waals surface area contributed by atoms with Crippen molar-refractivity contribution in [2.75, 3.05) is 0 Å². The van der Waals surface area contributed by atoms with Gasteiger partial charge >= 0.3 is 0 Å². The first-order valence-corrected chi connectivity index (χ1v) is 4.26. The molecular weight excluding hydrogens is 136 g/mol. The minimum atomic E-state index is 1.07. The zero-order valence-electron chi connectivity index (χ0n) is 7.89. The molecule has 0 aromatic carbocycles. The number of aryl methyl sites for hydroxylation is 2. The van der Waals surface area contributed by atoms with Crippen LogP contribution in [-0.4, -0.2) is 4.57 Å². The molecule has 0 unspecified atom stereocenters. The van der Waals surface area contributed by atoms with Crippen molar-refractivity contribution in [3.63, 3.8) is 0 Å². The molecule has 62 valence electrons. The number of hydrogen-bond acceptors (Lipinski definition) is 0. The molecule has 0 aliphatic rings. The number of hydrogen-bond donors (Lipinski definition) is 0. The highest BCUT2D eigenvalue weighted by Gasteiger charge is 2.12. The molecule has 1 aromatic heterocycles. The lowest BCUT2D eigenvalue weighted by Crippen LogP contribution is -2.33. The van der Waals surface area contributed by atoms with Crippen LogP contribution < -0.4 is 4.57 Å². The monoisotopic (exact) mass is 153 g/mol. The Balaban J connectivity index is 3.14. The van der Waals surface area contributed by atoms with Crippen molar-refractivity contribution < 1.29 is 4.57 Å². The van der Waals surface area contributed by atoms with E-state index in [2.05, 4.69) is 43.0 Å². The SMILES string of the molecule is CCn1c(C)c[n+](CC)c1C. The fourth-order valence-corrected chi connectivity index (χ4v) is 1.60. The van der Waals surface area contributed by atoms with Crippen LogP contribution in [0.2, 0.25) is 0 Å². The second-order valence-corrected chi connectivity index (χ2v) is 2.85. The van der Waals surface area contributed by atoms with Gasteiger partial charge in [-0.05, 0) is 13.8 Å². The van der Waals surface area contributed by atoms with Gasteiger partial charge in [-0.15, -0.1) is 0 Å². The fourth-order valence-electron chi connectivity index (χ4n) is 1.60. The van der Waals surface area contributed by atoms with Crippen LogP contribution >= 0.6 is 0 Å². The van der Waals surface area contributed by atoms with Crippen LogP contribution in [0.3, 0.4) is 0 Å². The zero-order chi connectivity index (χ0) is 8.43. The summed E-state index contributed by atoms with van der Waals surface area (Å²) in [6.07, 6.45) is 2.21. The van der Waals surface area contributed by atoms with Crippen molar-refractivity contribution >= 4 is 0 Å². The van der Waals surface area contributed by atoms with Crippen molar-refractivity contribution in [2.45, 2.75) is 40.8 Å². The molecule has 11 heavy (non-hydrogen) atoms. The molecule has 1 heterocycles. The predicted octanol–water partition coefficient (Wildman–Crippen LogP) is 1.43. The van der Waals surface area contributed by atoms with Gasteiger partial charge in [0.15, 0.2) is 0 Å². The second-order valence-electron chi connectivity index (χ2n) is 2.85. The van der Waals surface area contributed by atoms with Gasteiger partial charge in [-0.1, -0.05) is 0 Å². The average molecular weight is 153 g/mol. The predicted molar refractivity (Wildman–Crippen MR) is 45.4 cm³/mol. The summed E-state index contributed by atoms with van der Waals surface area (Å²) in [6.45, 7) is 10.8. The highest BCUT2D eigenvalue weighted by atomic mass is 15.1. The summed E-state index contributed by atoms with van der Waals surface area (Å²) in [5.74, 6) is 1.35. The molecule has 0 atom stereocenters. The van der Waals surface area contributed by atoms with Crippen molar-refractivity contribution in [2.24, 2.45) is 0 Å². The third kappa shape index (κ3) is 1.30. The van der Waals surface area contributed by atoms with Crippen LogP contribution in [0.4, 0.5) is 0 Å². The van der Waals surface area contributed by atoms with E-state index in [1.807, 2.05) is 0 Å². The Bertz CT molecular complexity index is 248. The molecule has 0 aliphatic carbocycles. The quantitative estimate of drug-likeness (QED) is 0.568. The molecule has 2 nitrogen and oxygen atoms in total. The van der Waals surface area contributed by atoms with Crippen LogP contribution in [-0.2, 0) is 13.1 Å². The maximum absolute atomic E-state index is 2.32. The van der Waals surface area contributed by atoms with Gasteiger partial charge in [0.05, 0.1) is 13.1 Å². The van der Waals surface area contributed by atoms with Gasteiger partial charge in [0.25, 0.3) is 5.82 Å². The van der Waals surface area contributed by atoms with Crippen LogP contribution in [0.15, 0.2) is 6.20 Å². The molecule has 0 amide bonds. The Kier molecular flexibility index (Phi) is 2.32. The van der Waals surface area contributed by atoms with Crippen molar-refractivity contribution in [3.8, 4) is 0 Å². The average Bonchev–Trinajstić information content (AvgIpc) is 2.26. The Morgan fingerprint density at radius 1 is 1.36 bits per heavy atom. The van der Waals surface area contributed by atoms with Crippen LogP contribution in [0.5, 0.6) is 0 Å². The van der Waals surface area contributed by atoms with E-state index in [-0.39, 0.29) is 0 Å². The standard InChI is InChI=1S/C9H17N2/c1-5-10-7-8(3)11(6-2)9(10)4/h7H,5-6H2,1-4H3/q+1. The maximum atomic E-state index is 2.32.